The van der Waals surface area contributed by atoms with E-state index in [-0.39, 0.29) is 0 Å². The summed E-state index contributed by atoms with van der Waals surface area (Å²) in [5.74, 6) is 0.884. The van der Waals surface area contributed by atoms with Crippen LogP contribution in [0.5, 0.6) is 5.75 Å². The van der Waals surface area contributed by atoms with Crippen LogP contribution in [0.15, 0.2) is 24.3 Å². The summed E-state index contributed by atoms with van der Waals surface area (Å²) in [5, 5.41) is 0. The maximum absolute atomic E-state index is 5.12. The van der Waals surface area contributed by atoms with Gasteiger partial charge in [-0.25, -0.2) is 0 Å². The zero-order chi connectivity index (χ0) is 10.1. The van der Waals surface area contributed by atoms with Crippen LogP contribution in [0.4, 0.5) is 0 Å². The fraction of sp³-hybridized carbons (Fsp3) is 0.455. The number of para-hydroxylation sites is 1. The lowest BCUT2D eigenvalue weighted by atomic mass is 10.2. The molecule has 0 atom stereocenters. The van der Waals surface area contributed by atoms with Crippen LogP contribution in [0.3, 0.4) is 0 Å². The van der Waals surface area contributed by atoms with E-state index in [1.165, 1.54) is 0 Å². The quantitative estimate of drug-likeness (QED) is 0.715. The summed E-state index contributed by atoms with van der Waals surface area (Å²) in [6.45, 7) is 4.60. The number of benzene rings is 1. The Morgan fingerprint density at radius 3 is 2.23 bits per heavy atom. The van der Waals surface area contributed by atoms with Crippen molar-refractivity contribution in [2.75, 3.05) is 14.2 Å². The fourth-order valence-electron chi connectivity index (χ4n) is 0.978. The van der Waals surface area contributed by atoms with E-state index in [9.17, 15) is 0 Å². The van der Waals surface area contributed by atoms with E-state index in [2.05, 4.69) is 0 Å². The van der Waals surface area contributed by atoms with Crippen molar-refractivity contribution in [1.29, 1.82) is 0 Å². The molecule has 0 aliphatic carbocycles. The summed E-state index contributed by atoms with van der Waals surface area (Å²) in [4.78, 5) is 0. The highest BCUT2D eigenvalue weighted by molar-refractivity contribution is 5.32. The lowest BCUT2D eigenvalue weighted by Crippen LogP contribution is -1.92. The van der Waals surface area contributed by atoms with Crippen LogP contribution in [0, 0.1) is 0 Å². The molecule has 0 saturated heterocycles. The molecule has 2 nitrogen and oxygen atoms in total. The SMILES string of the molecule is CC.COCc1ccccc1OC. The molecule has 0 fully saturated rings. The van der Waals surface area contributed by atoms with Gasteiger partial charge in [-0.1, -0.05) is 32.0 Å². The predicted octanol–water partition coefficient (Wildman–Crippen LogP) is 2.87. The lowest BCUT2D eigenvalue weighted by molar-refractivity contribution is 0.181. The van der Waals surface area contributed by atoms with Crippen molar-refractivity contribution in [2.24, 2.45) is 0 Å². The molecule has 0 unspecified atom stereocenters. The van der Waals surface area contributed by atoms with Crippen LogP contribution in [0.25, 0.3) is 0 Å². The van der Waals surface area contributed by atoms with E-state index >= 15 is 0 Å². The molecule has 2 heteroatoms. The van der Waals surface area contributed by atoms with Crippen LogP contribution >= 0.6 is 0 Å². The molecule has 0 aliphatic rings. The average molecular weight is 182 g/mol. The summed E-state index contributed by atoms with van der Waals surface area (Å²) >= 11 is 0. The first kappa shape index (κ1) is 12.0. The Bertz CT molecular complexity index is 221. The maximum Gasteiger partial charge on any atom is 0.124 e. The fourth-order valence-corrected chi connectivity index (χ4v) is 0.978. The number of hydrogen-bond donors (Lipinski definition) is 0. The van der Waals surface area contributed by atoms with Gasteiger partial charge in [-0.15, -0.1) is 0 Å². The highest BCUT2D eigenvalue weighted by Gasteiger charge is 1.98. The first-order chi connectivity index (χ1) is 6.38. The van der Waals surface area contributed by atoms with E-state index in [0.29, 0.717) is 6.61 Å². The molecule has 0 heterocycles. The average Bonchev–Trinajstić information content (AvgIpc) is 2.22. The number of hydrogen-bond acceptors (Lipinski definition) is 2. The molecule has 0 N–H and O–H groups in total. The first-order valence-electron chi connectivity index (χ1n) is 4.49. The largest absolute Gasteiger partial charge is 0.496 e. The molecule has 13 heavy (non-hydrogen) atoms. The first-order valence-corrected chi connectivity index (χ1v) is 4.49. The van der Waals surface area contributed by atoms with Gasteiger partial charge in [0, 0.05) is 12.7 Å². The second-order valence-electron chi connectivity index (χ2n) is 2.24. The van der Waals surface area contributed by atoms with E-state index < -0.39 is 0 Å². The van der Waals surface area contributed by atoms with Gasteiger partial charge in [0.1, 0.15) is 5.75 Å². The van der Waals surface area contributed by atoms with Crippen LogP contribution in [0.1, 0.15) is 19.4 Å². The lowest BCUT2D eigenvalue weighted by Gasteiger charge is -2.05. The second-order valence-corrected chi connectivity index (χ2v) is 2.24. The van der Waals surface area contributed by atoms with Crippen molar-refractivity contribution in [3.8, 4) is 5.75 Å². The summed E-state index contributed by atoms with van der Waals surface area (Å²) in [7, 11) is 3.33. The standard InChI is InChI=1S/C9H12O2.C2H6/c1-10-7-8-5-3-4-6-9(8)11-2;1-2/h3-6H,7H2,1-2H3;1-2H3. The topological polar surface area (TPSA) is 18.5 Å². The Hall–Kier alpha value is -1.02. The maximum atomic E-state index is 5.12. The van der Waals surface area contributed by atoms with Gasteiger partial charge in [0.05, 0.1) is 13.7 Å². The molecule has 1 rings (SSSR count). The van der Waals surface area contributed by atoms with Crippen LogP contribution < -0.4 is 4.74 Å². The Morgan fingerprint density at radius 2 is 1.69 bits per heavy atom. The highest BCUT2D eigenvalue weighted by atomic mass is 16.5. The van der Waals surface area contributed by atoms with Crippen LogP contribution in [-0.2, 0) is 11.3 Å². The van der Waals surface area contributed by atoms with Gasteiger partial charge in [0.2, 0.25) is 0 Å². The van der Waals surface area contributed by atoms with Gasteiger partial charge in [0.15, 0.2) is 0 Å². The molecule has 0 amide bonds. The van der Waals surface area contributed by atoms with Gasteiger partial charge >= 0.3 is 0 Å². The summed E-state index contributed by atoms with van der Waals surface area (Å²) in [5.41, 5.74) is 1.08. The molecule has 1 aromatic carbocycles. The molecule has 1 aromatic rings. The summed E-state index contributed by atoms with van der Waals surface area (Å²) < 4.78 is 10.1. The van der Waals surface area contributed by atoms with Gasteiger partial charge < -0.3 is 9.47 Å². The number of rotatable bonds is 3. The monoisotopic (exact) mass is 182 g/mol. The summed E-state index contributed by atoms with van der Waals surface area (Å²) in [6.07, 6.45) is 0. The molecular weight excluding hydrogens is 164 g/mol. The number of methoxy groups -OCH3 is 2. The minimum atomic E-state index is 0.601. The molecule has 0 spiro atoms. The van der Waals surface area contributed by atoms with Gasteiger partial charge in [0.25, 0.3) is 0 Å². The molecular formula is C11H18O2. The third-order valence-corrected chi connectivity index (χ3v) is 1.49. The Kier molecular flexibility index (Phi) is 7.02. The predicted molar refractivity (Wildman–Crippen MR) is 55.1 cm³/mol. The molecule has 0 aliphatic heterocycles. The normalized spacial score (nSPS) is 8.62. The Morgan fingerprint density at radius 1 is 1.08 bits per heavy atom. The van der Waals surface area contributed by atoms with E-state index in [1.807, 2.05) is 38.1 Å². The third kappa shape index (κ3) is 3.95. The van der Waals surface area contributed by atoms with Gasteiger partial charge in [-0.2, -0.15) is 0 Å². The zero-order valence-corrected chi connectivity index (χ0v) is 8.83. The zero-order valence-electron chi connectivity index (χ0n) is 8.83. The van der Waals surface area contributed by atoms with Gasteiger partial charge in [-0.3, -0.25) is 0 Å². The van der Waals surface area contributed by atoms with Crippen molar-refractivity contribution in [3.05, 3.63) is 29.8 Å². The molecule has 0 aromatic heterocycles. The van der Waals surface area contributed by atoms with E-state index in [0.717, 1.165) is 11.3 Å². The van der Waals surface area contributed by atoms with Crippen molar-refractivity contribution >= 4 is 0 Å². The van der Waals surface area contributed by atoms with E-state index in [4.69, 9.17) is 9.47 Å². The van der Waals surface area contributed by atoms with E-state index in [1.54, 1.807) is 14.2 Å². The Labute approximate surface area is 80.5 Å². The second kappa shape index (κ2) is 7.62. The molecule has 0 bridgehead atoms. The minimum absolute atomic E-state index is 0.601. The molecule has 74 valence electrons. The van der Waals surface area contributed by atoms with Crippen molar-refractivity contribution in [1.82, 2.24) is 0 Å². The van der Waals surface area contributed by atoms with Crippen molar-refractivity contribution < 1.29 is 9.47 Å². The molecule has 0 radical (unpaired) electrons. The van der Waals surface area contributed by atoms with Gasteiger partial charge in [-0.05, 0) is 6.07 Å². The molecule has 0 saturated carbocycles. The smallest absolute Gasteiger partial charge is 0.124 e. The van der Waals surface area contributed by atoms with Crippen molar-refractivity contribution in [2.45, 2.75) is 20.5 Å². The van der Waals surface area contributed by atoms with Crippen LogP contribution in [0.2, 0.25) is 0 Å². The van der Waals surface area contributed by atoms with Crippen LogP contribution in [-0.4, -0.2) is 14.2 Å². The third-order valence-electron chi connectivity index (χ3n) is 1.49. The van der Waals surface area contributed by atoms with Crippen molar-refractivity contribution in [3.63, 3.8) is 0 Å². The summed E-state index contributed by atoms with van der Waals surface area (Å²) in [6, 6.07) is 7.82. The minimum Gasteiger partial charge on any atom is -0.496 e. The Balaban J connectivity index is 0.000000671. The highest BCUT2D eigenvalue weighted by Crippen LogP contribution is 2.17. The number of ether oxygens (including phenoxy) is 2.